The molecular weight excluding hydrogens is 267 g/mol. The van der Waals surface area contributed by atoms with Crippen molar-refractivity contribution in [2.24, 2.45) is 0 Å². The van der Waals surface area contributed by atoms with Gasteiger partial charge in [-0.15, -0.1) is 0 Å². The van der Waals surface area contributed by atoms with Gasteiger partial charge < -0.3 is 5.11 Å². The monoisotopic (exact) mass is 280 g/mol. The SMILES string of the molecule is OCC1(c2ccc(C(F)(F)C(F)(F)F)cc2)CCC1. The highest BCUT2D eigenvalue weighted by Crippen LogP contribution is 2.46. The maximum Gasteiger partial charge on any atom is 0.458 e. The number of rotatable bonds is 3. The van der Waals surface area contributed by atoms with E-state index >= 15 is 0 Å². The van der Waals surface area contributed by atoms with E-state index in [0.717, 1.165) is 31.4 Å². The first-order valence-corrected chi connectivity index (χ1v) is 5.89. The van der Waals surface area contributed by atoms with Crippen LogP contribution in [0.15, 0.2) is 24.3 Å². The Labute approximate surface area is 107 Å². The van der Waals surface area contributed by atoms with Crippen molar-refractivity contribution in [2.45, 2.75) is 36.8 Å². The van der Waals surface area contributed by atoms with Gasteiger partial charge in [-0.2, -0.15) is 22.0 Å². The summed E-state index contributed by atoms with van der Waals surface area (Å²) < 4.78 is 62.8. The summed E-state index contributed by atoms with van der Waals surface area (Å²) in [4.78, 5) is 0. The molecule has 0 bridgehead atoms. The summed E-state index contributed by atoms with van der Waals surface area (Å²) in [6.07, 6.45) is -3.24. The van der Waals surface area contributed by atoms with Crippen LogP contribution in [0.3, 0.4) is 0 Å². The van der Waals surface area contributed by atoms with Crippen molar-refractivity contribution in [3.05, 3.63) is 35.4 Å². The van der Waals surface area contributed by atoms with Crippen LogP contribution >= 0.6 is 0 Å². The molecule has 0 aromatic heterocycles. The van der Waals surface area contributed by atoms with Gasteiger partial charge in [0.2, 0.25) is 0 Å². The molecule has 106 valence electrons. The summed E-state index contributed by atoms with van der Waals surface area (Å²) in [5, 5.41) is 9.32. The van der Waals surface area contributed by atoms with Gasteiger partial charge in [0.25, 0.3) is 0 Å². The lowest BCUT2D eigenvalue weighted by Gasteiger charge is -2.41. The molecule has 0 aliphatic heterocycles. The largest absolute Gasteiger partial charge is 0.458 e. The summed E-state index contributed by atoms with van der Waals surface area (Å²) in [5.41, 5.74) is -0.925. The van der Waals surface area contributed by atoms with Crippen LogP contribution in [-0.4, -0.2) is 17.9 Å². The normalized spacial score (nSPS) is 19.1. The highest BCUT2D eigenvalue weighted by molar-refractivity contribution is 5.33. The molecule has 0 amide bonds. The average Bonchev–Trinajstić information content (AvgIpc) is 2.27. The van der Waals surface area contributed by atoms with Crippen molar-refractivity contribution in [2.75, 3.05) is 6.61 Å². The van der Waals surface area contributed by atoms with E-state index in [1.807, 2.05) is 0 Å². The third kappa shape index (κ3) is 2.22. The van der Waals surface area contributed by atoms with Crippen LogP contribution in [0.4, 0.5) is 22.0 Å². The van der Waals surface area contributed by atoms with Crippen LogP contribution in [0.2, 0.25) is 0 Å². The first-order chi connectivity index (χ1) is 8.73. The number of benzene rings is 1. The molecule has 1 aromatic rings. The fourth-order valence-electron chi connectivity index (χ4n) is 2.34. The van der Waals surface area contributed by atoms with Crippen molar-refractivity contribution in [3.8, 4) is 0 Å². The van der Waals surface area contributed by atoms with Gasteiger partial charge >= 0.3 is 12.1 Å². The Morgan fingerprint density at radius 2 is 1.53 bits per heavy atom. The van der Waals surface area contributed by atoms with Crippen LogP contribution in [-0.2, 0) is 11.3 Å². The lowest BCUT2D eigenvalue weighted by atomic mass is 9.65. The molecular formula is C13H13F5O. The standard InChI is InChI=1S/C13H13F5O/c14-12(15,13(16,17)18)10-4-2-9(3-5-10)11(8-19)6-1-7-11/h2-5,19H,1,6-8H2. The lowest BCUT2D eigenvalue weighted by molar-refractivity contribution is -0.289. The van der Waals surface area contributed by atoms with Gasteiger partial charge in [-0.05, 0) is 18.4 Å². The van der Waals surface area contributed by atoms with E-state index in [0.29, 0.717) is 5.56 Å². The average molecular weight is 280 g/mol. The number of alkyl halides is 5. The van der Waals surface area contributed by atoms with Gasteiger partial charge in [-0.25, -0.2) is 0 Å². The summed E-state index contributed by atoms with van der Waals surface area (Å²) in [7, 11) is 0. The minimum Gasteiger partial charge on any atom is -0.395 e. The molecule has 0 atom stereocenters. The van der Waals surface area contributed by atoms with Crippen molar-refractivity contribution in [1.82, 2.24) is 0 Å². The highest BCUT2D eigenvalue weighted by Gasteiger charge is 2.58. The van der Waals surface area contributed by atoms with Crippen LogP contribution in [0, 0.1) is 0 Å². The van der Waals surface area contributed by atoms with E-state index in [1.165, 1.54) is 12.1 Å². The van der Waals surface area contributed by atoms with E-state index in [-0.39, 0.29) is 6.61 Å². The van der Waals surface area contributed by atoms with Crippen molar-refractivity contribution >= 4 is 0 Å². The Kier molecular flexibility index (Phi) is 3.33. The molecule has 1 aliphatic carbocycles. The maximum atomic E-state index is 13.1. The van der Waals surface area contributed by atoms with E-state index in [2.05, 4.69) is 0 Å². The van der Waals surface area contributed by atoms with Gasteiger partial charge in [0.15, 0.2) is 0 Å². The molecule has 1 saturated carbocycles. The first-order valence-electron chi connectivity index (χ1n) is 5.89. The number of hydrogen-bond acceptors (Lipinski definition) is 1. The second-order valence-corrected chi connectivity index (χ2v) is 4.94. The summed E-state index contributed by atoms with van der Waals surface area (Å²) >= 11 is 0. The van der Waals surface area contributed by atoms with E-state index < -0.39 is 23.1 Å². The quantitative estimate of drug-likeness (QED) is 0.836. The van der Waals surface area contributed by atoms with E-state index in [4.69, 9.17) is 0 Å². The van der Waals surface area contributed by atoms with Crippen LogP contribution < -0.4 is 0 Å². The topological polar surface area (TPSA) is 20.2 Å². The van der Waals surface area contributed by atoms with Gasteiger partial charge in [0.05, 0.1) is 6.61 Å². The van der Waals surface area contributed by atoms with Gasteiger partial charge in [0, 0.05) is 11.0 Å². The Bertz CT molecular complexity index is 440. The molecule has 6 heteroatoms. The molecule has 1 aliphatic rings. The molecule has 1 N–H and O–H groups in total. The zero-order chi connectivity index (χ0) is 14.3. The first kappa shape index (κ1) is 14.2. The summed E-state index contributed by atoms with van der Waals surface area (Å²) in [5.74, 6) is -4.85. The second kappa shape index (κ2) is 4.44. The molecule has 0 spiro atoms. The van der Waals surface area contributed by atoms with Crippen LogP contribution in [0.5, 0.6) is 0 Å². The summed E-state index contributed by atoms with van der Waals surface area (Å²) in [6, 6.07) is 4.09. The molecule has 19 heavy (non-hydrogen) atoms. The predicted octanol–water partition coefficient (Wildman–Crippen LogP) is 3.75. The zero-order valence-electron chi connectivity index (χ0n) is 9.97. The Balaban J connectivity index is 2.29. The number of halogens is 5. The highest BCUT2D eigenvalue weighted by atomic mass is 19.4. The molecule has 0 radical (unpaired) electrons. The number of aliphatic hydroxyl groups excluding tert-OH is 1. The minimum atomic E-state index is -5.60. The molecule has 1 aromatic carbocycles. The Hall–Kier alpha value is -1.17. The van der Waals surface area contributed by atoms with Crippen molar-refractivity contribution in [3.63, 3.8) is 0 Å². The molecule has 0 saturated heterocycles. The molecule has 0 unspecified atom stereocenters. The van der Waals surface area contributed by atoms with Gasteiger partial charge in [-0.1, -0.05) is 30.7 Å². The number of hydrogen-bond donors (Lipinski definition) is 1. The second-order valence-electron chi connectivity index (χ2n) is 4.94. The summed E-state index contributed by atoms with van der Waals surface area (Å²) in [6.45, 7) is -0.123. The molecule has 0 heterocycles. The third-order valence-corrected chi connectivity index (χ3v) is 3.83. The number of aliphatic hydroxyl groups is 1. The van der Waals surface area contributed by atoms with Gasteiger partial charge in [-0.3, -0.25) is 0 Å². The Morgan fingerprint density at radius 1 is 1.00 bits per heavy atom. The molecule has 1 fully saturated rings. The molecule has 1 nitrogen and oxygen atoms in total. The Morgan fingerprint density at radius 3 is 1.84 bits per heavy atom. The fraction of sp³-hybridized carbons (Fsp3) is 0.538. The van der Waals surface area contributed by atoms with E-state index in [1.54, 1.807) is 0 Å². The van der Waals surface area contributed by atoms with E-state index in [9.17, 15) is 27.1 Å². The lowest BCUT2D eigenvalue weighted by Crippen LogP contribution is -2.38. The molecule has 2 rings (SSSR count). The fourth-order valence-corrected chi connectivity index (χ4v) is 2.34. The van der Waals surface area contributed by atoms with Crippen molar-refractivity contribution < 1.29 is 27.1 Å². The third-order valence-electron chi connectivity index (χ3n) is 3.83. The van der Waals surface area contributed by atoms with Crippen LogP contribution in [0.1, 0.15) is 30.4 Å². The van der Waals surface area contributed by atoms with Crippen molar-refractivity contribution in [1.29, 1.82) is 0 Å². The predicted molar refractivity (Wildman–Crippen MR) is 59.0 cm³/mol. The maximum absolute atomic E-state index is 13.1. The smallest absolute Gasteiger partial charge is 0.395 e. The zero-order valence-corrected chi connectivity index (χ0v) is 9.97. The minimum absolute atomic E-state index is 0.123. The van der Waals surface area contributed by atoms with Gasteiger partial charge in [0.1, 0.15) is 0 Å². The van der Waals surface area contributed by atoms with Crippen LogP contribution in [0.25, 0.3) is 0 Å².